The SMILES string of the molecule is CCCCCCCCCCCCCCOC(=O)c1ccc(OC)c(N2C(=O)OC(c3nc(=O)c4ccccc4n3Cc3ccccc3)C2=O)c1. The second-order valence-corrected chi connectivity index (χ2v) is 12.7. The summed E-state index contributed by atoms with van der Waals surface area (Å²) in [5.74, 6) is -1.15. The lowest BCUT2D eigenvalue weighted by Crippen LogP contribution is -2.31. The molecular weight excluding hydrogens is 634 g/mol. The zero-order valence-electron chi connectivity index (χ0n) is 29.1. The zero-order chi connectivity index (χ0) is 35.3. The van der Waals surface area contributed by atoms with Crippen LogP contribution in [0.5, 0.6) is 5.75 Å². The van der Waals surface area contributed by atoms with Gasteiger partial charge in [-0.2, -0.15) is 4.98 Å². The predicted molar refractivity (Wildman–Crippen MR) is 193 cm³/mol. The lowest BCUT2D eigenvalue weighted by atomic mass is 10.1. The monoisotopic (exact) mass is 681 g/mol. The number of anilines is 1. The summed E-state index contributed by atoms with van der Waals surface area (Å²) in [6.45, 7) is 2.79. The van der Waals surface area contributed by atoms with Crippen LogP contribution in [-0.2, 0) is 20.8 Å². The van der Waals surface area contributed by atoms with Crippen molar-refractivity contribution in [3.63, 3.8) is 0 Å². The molecular formula is C40H47N3O7. The Bertz CT molecular complexity index is 1820. The number of unbranched alkanes of at least 4 members (excludes halogenated alkanes) is 11. The maximum absolute atomic E-state index is 14.0. The number of rotatable bonds is 19. The minimum absolute atomic E-state index is 0.00431. The van der Waals surface area contributed by atoms with Gasteiger partial charge in [-0.25, -0.2) is 14.5 Å². The summed E-state index contributed by atoms with van der Waals surface area (Å²) in [5, 5.41) is 0.372. The minimum atomic E-state index is -1.50. The van der Waals surface area contributed by atoms with E-state index in [0.717, 1.165) is 29.7 Å². The van der Waals surface area contributed by atoms with E-state index in [2.05, 4.69) is 11.9 Å². The number of hydrogen-bond acceptors (Lipinski definition) is 8. The van der Waals surface area contributed by atoms with Crippen molar-refractivity contribution in [1.29, 1.82) is 0 Å². The van der Waals surface area contributed by atoms with Gasteiger partial charge >= 0.3 is 12.1 Å². The van der Waals surface area contributed by atoms with Crippen molar-refractivity contribution >= 4 is 34.6 Å². The van der Waals surface area contributed by atoms with Crippen LogP contribution in [0, 0.1) is 0 Å². The third kappa shape index (κ3) is 8.97. The molecule has 2 heterocycles. The van der Waals surface area contributed by atoms with Crippen LogP contribution in [0.15, 0.2) is 77.6 Å². The first kappa shape index (κ1) is 36.3. The van der Waals surface area contributed by atoms with E-state index in [4.69, 9.17) is 14.2 Å². The Morgan fingerprint density at radius 3 is 2.12 bits per heavy atom. The van der Waals surface area contributed by atoms with Gasteiger partial charge in [0.1, 0.15) is 5.75 Å². The number of hydrogen-bond donors (Lipinski definition) is 0. The molecule has 5 rings (SSSR count). The number of ether oxygens (including phenoxy) is 3. The molecule has 0 saturated carbocycles. The topological polar surface area (TPSA) is 117 Å². The number of carbonyl (C=O) groups excluding carboxylic acids is 3. The fourth-order valence-corrected chi connectivity index (χ4v) is 6.34. The highest BCUT2D eigenvalue weighted by atomic mass is 16.6. The average molecular weight is 682 g/mol. The highest BCUT2D eigenvalue weighted by Crippen LogP contribution is 2.37. The molecule has 4 aromatic rings. The van der Waals surface area contributed by atoms with E-state index in [0.29, 0.717) is 10.9 Å². The number of amides is 2. The molecule has 1 unspecified atom stereocenters. The number of nitrogens with zero attached hydrogens (tertiary/aromatic N) is 3. The van der Waals surface area contributed by atoms with Gasteiger partial charge < -0.3 is 18.8 Å². The minimum Gasteiger partial charge on any atom is -0.495 e. The maximum atomic E-state index is 14.0. The largest absolute Gasteiger partial charge is 0.495 e. The molecule has 1 fully saturated rings. The molecule has 0 aliphatic carbocycles. The van der Waals surface area contributed by atoms with Crippen molar-refractivity contribution in [2.75, 3.05) is 18.6 Å². The molecule has 10 heteroatoms. The van der Waals surface area contributed by atoms with Gasteiger partial charge in [0.15, 0.2) is 5.82 Å². The number of para-hydroxylation sites is 1. The first-order chi connectivity index (χ1) is 24.4. The van der Waals surface area contributed by atoms with Gasteiger partial charge in [0.2, 0.25) is 6.10 Å². The van der Waals surface area contributed by atoms with Crippen LogP contribution in [0.2, 0.25) is 0 Å². The Labute approximate surface area is 293 Å². The van der Waals surface area contributed by atoms with E-state index in [1.54, 1.807) is 28.8 Å². The quantitative estimate of drug-likeness (QED) is 0.0714. The van der Waals surface area contributed by atoms with Crippen molar-refractivity contribution < 1.29 is 28.6 Å². The first-order valence-electron chi connectivity index (χ1n) is 17.9. The van der Waals surface area contributed by atoms with Gasteiger partial charge in [0.05, 0.1) is 35.9 Å². The van der Waals surface area contributed by atoms with Crippen molar-refractivity contribution in [2.24, 2.45) is 0 Å². The summed E-state index contributed by atoms with van der Waals surface area (Å²) in [7, 11) is 1.40. The molecule has 0 bridgehead atoms. The van der Waals surface area contributed by atoms with E-state index in [-0.39, 0.29) is 36.0 Å². The molecule has 2 amide bonds. The van der Waals surface area contributed by atoms with Crippen LogP contribution >= 0.6 is 0 Å². The second-order valence-electron chi connectivity index (χ2n) is 12.7. The van der Waals surface area contributed by atoms with Crippen LogP contribution in [-0.4, -0.2) is 41.2 Å². The van der Waals surface area contributed by atoms with Crippen LogP contribution in [0.3, 0.4) is 0 Å². The maximum Gasteiger partial charge on any atom is 0.422 e. The van der Waals surface area contributed by atoms with Crippen molar-refractivity contribution in [2.45, 2.75) is 96.6 Å². The van der Waals surface area contributed by atoms with Gasteiger partial charge in [-0.05, 0) is 42.3 Å². The van der Waals surface area contributed by atoms with Gasteiger partial charge in [-0.1, -0.05) is 120 Å². The smallest absolute Gasteiger partial charge is 0.422 e. The van der Waals surface area contributed by atoms with E-state index < -0.39 is 29.6 Å². The Kier molecular flexibility index (Phi) is 13.2. The van der Waals surface area contributed by atoms with Gasteiger partial charge in [-0.15, -0.1) is 0 Å². The molecule has 1 aliphatic heterocycles. The number of cyclic esters (lactones) is 1. The number of esters is 1. The Morgan fingerprint density at radius 1 is 0.800 bits per heavy atom. The molecule has 3 aromatic carbocycles. The Morgan fingerprint density at radius 2 is 1.44 bits per heavy atom. The summed E-state index contributed by atoms with van der Waals surface area (Å²) >= 11 is 0. The molecule has 264 valence electrons. The van der Waals surface area contributed by atoms with Gasteiger partial charge in [0.25, 0.3) is 11.5 Å². The molecule has 0 radical (unpaired) electrons. The zero-order valence-corrected chi connectivity index (χ0v) is 29.1. The molecule has 0 spiro atoms. The molecule has 0 N–H and O–H groups in total. The van der Waals surface area contributed by atoms with Crippen molar-refractivity contribution in [1.82, 2.24) is 9.55 Å². The normalized spacial score (nSPS) is 14.3. The molecule has 1 aliphatic rings. The van der Waals surface area contributed by atoms with Crippen LogP contribution < -0.4 is 15.2 Å². The lowest BCUT2D eigenvalue weighted by Gasteiger charge is -2.19. The number of carbonyl (C=O) groups is 3. The van der Waals surface area contributed by atoms with Crippen molar-refractivity contribution in [3.05, 3.63) is 100 Å². The fourth-order valence-electron chi connectivity index (χ4n) is 6.34. The van der Waals surface area contributed by atoms with Crippen LogP contribution in [0.4, 0.5) is 10.5 Å². The summed E-state index contributed by atoms with van der Waals surface area (Å²) in [4.78, 5) is 58.5. The summed E-state index contributed by atoms with van der Waals surface area (Å²) in [6.07, 6.45) is 12.0. The summed E-state index contributed by atoms with van der Waals surface area (Å²) < 4.78 is 18.3. The number of fused-ring (bicyclic) bond motifs is 1. The molecule has 10 nitrogen and oxygen atoms in total. The molecule has 1 atom stereocenters. The third-order valence-electron chi connectivity index (χ3n) is 9.07. The summed E-state index contributed by atoms with van der Waals surface area (Å²) in [5.41, 5.74) is 1.09. The van der Waals surface area contributed by atoms with Crippen LogP contribution in [0.1, 0.15) is 112 Å². The number of imide groups is 1. The fraction of sp³-hybridized carbons (Fsp3) is 0.425. The second kappa shape index (κ2) is 18.1. The molecule has 50 heavy (non-hydrogen) atoms. The molecule has 1 saturated heterocycles. The van der Waals surface area contributed by atoms with E-state index in [1.807, 2.05) is 30.3 Å². The van der Waals surface area contributed by atoms with Crippen molar-refractivity contribution in [3.8, 4) is 5.75 Å². The van der Waals surface area contributed by atoms with E-state index >= 15 is 0 Å². The highest BCUT2D eigenvalue weighted by molar-refractivity contribution is 6.19. The number of aromatic nitrogens is 2. The number of benzene rings is 3. The van der Waals surface area contributed by atoms with Gasteiger partial charge in [0, 0.05) is 6.54 Å². The third-order valence-corrected chi connectivity index (χ3v) is 9.07. The number of methoxy groups -OCH3 is 1. The highest BCUT2D eigenvalue weighted by Gasteiger charge is 2.46. The molecule has 1 aromatic heterocycles. The van der Waals surface area contributed by atoms with E-state index in [9.17, 15) is 19.2 Å². The van der Waals surface area contributed by atoms with Crippen LogP contribution in [0.25, 0.3) is 10.9 Å². The summed E-state index contributed by atoms with van der Waals surface area (Å²) in [6, 6.07) is 20.9. The Balaban J connectivity index is 1.24. The first-order valence-corrected chi connectivity index (χ1v) is 17.9. The van der Waals surface area contributed by atoms with E-state index in [1.165, 1.54) is 83.1 Å². The standard InChI is InChI=1S/C40H47N3O7/c1-3-4-5-6-7-8-9-10-11-12-13-19-26-49-39(46)30-24-25-34(48-2)33(27-30)43-38(45)35(50-40(43)47)36-41-37(44)31-22-17-18-23-32(31)42(36)28-29-20-15-14-16-21-29/h14-18,20-25,27,35H,3-13,19,26,28H2,1-2H3. The predicted octanol–water partition coefficient (Wildman–Crippen LogP) is 8.54. The average Bonchev–Trinajstić information content (AvgIpc) is 3.43. The Hall–Kier alpha value is -4.99. The lowest BCUT2D eigenvalue weighted by molar-refractivity contribution is -0.122. The van der Waals surface area contributed by atoms with Gasteiger partial charge in [-0.3, -0.25) is 9.59 Å².